The molecule has 1 saturated heterocycles. The van der Waals surface area contributed by atoms with Crippen LogP contribution in [0.15, 0.2) is 41.0 Å². The van der Waals surface area contributed by atoms with Crippen LogP contribution in [0.3, 0.4) is 0 Å². The minimum Gasteiger partial charge on any atom is -0.459 e. The molecule has 2 heterocycles. The summed E-state index contributed by atoms with van der Waals surface area (Å²) in [6.45, 7) is 1.54. The summed E-state index contributed by atoms with van der Waals surface area (Å²) in [5, 5.41) is 2.82. The summed E-state index contributed by atoms with van der Waals surface area (Å²) in [5.41, 5.74) is 2.53. The third-order valence-corrected chi connectivity index (χ3v) is 4.95. The first kappa shape index (κ1) is 21.9. The van der Waals surface area contributed by atoms with Gasteiger partial charge in [0.25, 0.3) is 5.91 Å². The van der Waals surface area contributed by atoms with E-state index < -0.39 is 0 Å². The molecule has 30 heavy (non-hydrogen) atoms. The predicted octanol–water partition coefficient (Wildman–Crippen LogP) is 2.75. The molecule has 1 aliphatic rings. The van der Waals surface area contributed by atoms with Gasteiger partial charge in [-0.25, -0.2) is 0 Å². The zero-order valence-electron chi connectivity index (χ0n) is 17.7. The van der Waals surface area contributed by atoms with E-state index in [1.165, 1.54) is 13.4 Å². The van der Waals surface area contributed by atoms with Gasteiger partial charge in [0, 0.05) is 52.3 Å². The molecule has 8 nitrogen and oxygen atoms in total. The second-order valence-electron chi connectivity index (χ2n) is 7.52. The number of anilines is 2. The maximum absolute atomic E-state index is 13.1. The first-order valence-corrected chi connectivity index (χ1v) is 10.0. The monoisotopic (exact) mass is 415 g/mol. The van der Waals surface area contributed by atoms with Crippen LogP contribution >= 0.6 is 0 Å². The number of carbonyl (C=O) groups excluding carboxylic acids is 2. The van der Waals surface area contributed by atoms with Crippen LogP contribution in [0.5, 0.6) is 0 Å². The SMILES string of the molecule is COCC(=O)Nc1ccc(N(C)C)c(CN(C[C@@H]2CCCO2)C(=O)c2ccco2)c1. The summed E-state index contributed by atoms with van der Waals surface area (Å²) in [5.74, 6) is -0.123. The molecule has 0 radical (unpaired) electrons. The maximum Gasteiger partial charge on any atom is 0.289 e. The van der Waals surface area contributed by atoms with Crippen molar-refractivity contribution in [3.05, 3.63) is 47.9 Å². The first-order valence-electron chi connectivity index (χ1n) is 10.0. The van der Waals surface area contributed by atoms with Crippen molar-refractivity contribution in [2.75, 3.05) is 51.2 Å². The maximum atomic E-state index is 13.1. The zero-order chi connectivity index (χ0) is 21.5. The highest BCUT2D eigenvalue weighted by Gasteiger charge is 2.26. The van der Waals surface area contributed by atoms with Crippen molar-refractivity contribution in [2.45, 2.75) is 25.5 Å². The lowest BCUT2D eigenvalue weighted by Gasteiger charge is -2.27. The van der Waals surface area contributed by atoms with Crippen molar-refractivity contribution < 1.29 is 23.5 Å². The number of amides is 2. The largest absolute Gasteiger partial charge is 0.459 e. The van der Waals surface area contributed by atoms with Gasteiger partial charge < -0.3 is 29.0 Å². The molecule has 0 saturated carbocycles. The Morgan fingerprint density at radius 3 is 2.73 bits per heavy atom. The van der Waals surface area contributed by atoms with E-state index in [1.807, 2.05) is 37.2 Å². The van der Waals surface area contributed by atoms with Crippen LogP contribution in [0.25, 0.3) is 0 Å². The Hall–Kier alpha value is -2.84. The molecule has 1 N–H and O–H groups in total. The summed E-state index contributed by atoms with van der Waals surface area (Å²) in [6.07, 6.45) is 3.43. The Balaban J connectivity index is 1.86. The lowest BCUT2D eigenvalue weighted by atomic mass is 10.1. The smallest absolute Gasteiger partial charge is 0.289 e. The molecule has 1 fully saturated rings. The molecule has 2 aromatic rings. The van der Waals surface area contributed by atoms with E-state index in [2.05, 4.69) is 5.32 Å². The summed E-state index contributed by atoms with van der Waals surface area (Å²) >= 11 is 0. The minimum atomic E-state index is -0.232. The Kier molecular flexibility index (Phi) is 7.48. The van der Waals surface area contributed by atoms with Gasteiger partial charge in [-0.15, -0.1) is 0 Å². The Morgan fingerprint density at radius 1 is 1.27 bits per heavy atom. The molecule has 0 aliphatic carbocycles. The number of rotatable bonds is 9. The number of benzene rings is 1. The average molecular weight is 415 g/mol. The lowest BCUT2D eigenvalue weighted by Crippen LogP contribution is -2.37. The highest BCUT2D eigenvalue weighted by atomic mass is 16.5. The predicted molar refractivity (Wildman–Crippen MR) is 114 cm³/mol. The quantitative estimate of drug-likeness (QED) is 0.678. The Bertz CT molecular complexity index is 844. The zero-order valence-corrected chi connectivity index (χ0v) is 17.7. The van der Waals surface area contributed by atoms with Gasteiger partial charge in [-0.2, -0.15) is 0 Å². The van der Waals surface area contributed by atoms with Crippen molar-refractivity contribution in [1.29, 1.82) is 0 Å². The van der Waals surface area contributed by atoms with Crippen LogP contribution in [0, 0.1) is 0 Å². The molecule has 3 rings (SSSR count). The van der Waals surface area contributed by atoms with Gasteiger partial charge in [0.2, 0.25) is 5.91 Å². The highest BCUT2D eigenvalue weighted by molar-refractivity contribution is 5.93. The lowest BCUT2D eigenvalue weighted by molar-refractivity contribution is -0.119. The number of nitrogens with one attached hydrogen (secondary N) is 1. The van der Waals surface area contributed by atoms with Gasteiger partial charge in [-0.3, -0.25) is 9.59 Å². The molecule has 0 bridgehead atoms. The van der Waals surface area contributed by atoms with Gasteiger partial charge in [-0.05, 0) is 48.7 Å². The molecule has 0 spiro atoms. The fourth-order valence-electron chi connectivity index (χ4n) is 3.57. The number of carbonyl (C=O) groups is 2. The molecular formula is C22H29N3O5. The van der Waals surface area contributed by atoms with Gasteiger partial charge >= 0.3 is 0 Å². The Morgan fingerprint density at radius 2 is 2.10 bits per heavy atom. The van der Waals surface area contributed by atoms with Crippen LogP contribution in [0.4, 0.5) is 11.4 Å². The van der Waals surface area contributed by atoms with Crippen molar-refractivity contribution in [3.63, 3.8) is 0 Å². The number of hydrogen-bond donors (Lipinski definition) is 1. The van der Waals surface area contributed by atoms with E-state index in [0.29, 0.717) is 24.5 Å². The standard InChI is InChI=1S/C22H29N3O5/c1-24(2)19-9-8-17(23-21(26)15-28-3)12-16(19)13-25(14-18-6-4-10-29-18)22(27)20-7-5-11-30-20/h5,7-9,11-12,18H,4,6,10,13-15H2,1-3H3,(H,23,26)/t18-/m0/s1. The number of methoxy groups -OCH3 is 1. The molecule has 8 heteroatoms. The normalized spacial score (nSPS) is 15.8. The topological polar surface area (TPSA) is 84.3 Å². The van der Waals surface area contributed by atoms with Crippen LogP contribution in [-0.4, -0.2) is 63.8 Å². The van der Waals surface area contributed by atoms with Gasteiger partial charge in [0.1, 0.15) is 6.61 Å². The van der Waals surface area contributed by atoms with Crippen LogP contribution in [0.1, 0.15) is 29.0 Å². The van der Waals surface area contributed by atoms with Gasteiger partial charge in [0.05, 0.1) is 12.4 Å². The third-order valence-electron chi connectivity index (χ3n) is 4.95. The van der Waals surface area contributed by atoms with E-state index in [1.54, 1.807) is 17.0 Å². The first-order chi connectivity index (χ1) is 14.5. The van der Waals surface area contributed by atoms with Gasteiger partial charge in [0.15, 0.2) is 5.76 Å². The molecule has 1 aromatic carbocycles. The molecule has 1 aromatic heterocycles. The van der Waals surface area contributed by atoms with Crippen molar-refractivity contribution in [3.8, 4) is 0 Å². The summed E-state index contributed by atoms with van der Waals surface area (Å²) in [7, 11) is 5.37. The van der Waals surface area contributed by atoms with Crippen molar-refractivity contribution in [1.82, 2.24) is 4.90 Å². The molecule has 2 amide bonds. The second kappa shape index (κ2) is 10.3. The molecule has 162 valence electrons. The molecule has 1 atom stereocenters. The number of furan rings is 1. The number of ether oxygens (including phenoxy) is 2. The fraction of sp³-hybridized carbons (Fsp3) is 0.455. The van der Waals surface area contributed by atoms with E-state index >= 15 is 0 Å². The van der Waals surface area contributed by atoms with Crippen LogP contribution in [0.2, 0.25) is 0 Å². The van der Waals surface area contributed by atoms with E-state index in [0.717, 1.165) is 30.7 Å². The number of nitrogens with zero attached hydrogens (tertiary/aromatic N) is 2. The minimum absolute atomic E-state index is 0.0105. The van der Waals surface area contributed by atoms with Crippen molar-refractivity contribution >= 4 is 23.2 Å². The van der Waals surface area contributed by atoms with Crippen LogP contribution < -0.4 is 10.2 Å². The number of hydrogen-bond acceptors (Lipinski definition) is 6. The third kappa shape index (κ3) is 5.61. The summed E-state index contributed by atoms with van der Waals surface area (Å²) in [4.78, 5) is 28.8. The summed E-state index contributed by atoms with van der Waals surface area (Å²) in [6, 6.07) is 9.03. The molecule has 0 unspecified atom stereocenters. The molecule has 1 aliphatic heterocycles. The van der Waals surface area contributed by atoms with E-state index in [4.69, 9.17) is 13.9 Å². The fourth-order valence-corrected chi connectivity index (χ4v) is 3.57. The van der Waals surface area contributed by atoms with Crippen LogP contribution in [-0.2, 0) is 20.8 Å². The van der Waals surface area contributed by atoms with Gasteiger partial charge in [-0.1, -0.05) is 0 Å². The highest BCUT2D eigenvalue weighted by Crippen LogP contribution is 2.26. The van der Waals surface area contributed by atoms with E-state index in [-0.39, 0.29) is 24.5 Å². The van der Waals surface area contributed by atoms with Crippen molar-refractivity contribution in [2.24, 2.45) is 0 Å². The Labute approximate surface area is 176 Å². The average Bonchev–Trinajstić information content (AvgIpc) is 3.41. The summed E-state index contributed by atoms with van der Waals surface area (Å²) < 4.78 is 16.0. The van der Waals surface area contributed by atoms with E-state index in [9.17, 15) is 9.59 Å². The second-order valence-corrected chi connectivity index (χ2v) is 7.52. The molecular weight excluding hydrogens is 386 g/mol.